The Morgan fingerprint density at radius 2 is 1.93 bits per heavy atom. The second-order valence-corrected chi connectivity index (χ2v) is 3.05. The van der Waals surface area contributed by atoms with E-state index in [2.05, 4.69) is 0 Å². The summed E-state index contributed by atoms with van der Waals surface area (Å²) in [5.41, 5.74) is -1.01. The quantitative estimate of drug-likeness (QED) is 0.594. The monoisotopic (exact) mass is 204 g/mol. The molecule has 0 N–H and O–H groups in total. The molecule has 0 heterocycles. The molecule has 0 radical (unpaired) electrons. The number of benzene rings is 1. The molecule has 5 heteroatoms. The van der Waals surface area contributed by atoms with Crippen molar-refractivity contribution in [3.63, 3.8) is 0 Å². The first-order chi connectivity index (χ1) is 6.44. The summed E-state index contributed by atoms with van der Waals surface area (Å²) in [4.78, 5) is 10.9. The highest BCUT2D eigenvalue weighted by Crippen LogP contribution is 2.45. The van der Waals surface area contributed by atoms with Crippen molar-refractivity contribution in [2.45, 2.75) is 12.1 Å². The molecule has 1 aliphatic rings. The SMILES string of the molecule is O=C1c2ccc(F)cc2[C@@H](F)C1(F)F. The van der Waals surface area contributed by atoms with Gasteiger partial charge in [-0.3, -0.25) is 4.79 Å². The number of hydrogen-bond donors (Lipinski definition) is 0. The molecule has 74 valence electrons. The van der Waals surface area contributed by atoms with Crippen LogP contribution in [0.15, 0.2) is 18.2 Å². The molecule has 14 heavy (non-hydrogen) atoms. The minimum Gasteiger partial charge on any atom is -0.287 e. The van der Waals surface area contributed by atoms with E-state index in [1.165, 1.54) is 0 Å². The number of carbonyl (C=O) groups is 1. The number of fused-ring (bicyclic) bond motifs is 1. The lowest BCUT2D eigenvalue weighted by Gasteiger charge is -2.08. The number of carbonyl (C=O) groups excluding carboxylic acids is 1. The van der Waals surface area contributed by atoms with Crippen LogP contribution >= 0.6 is 0 Å². The maximum atomic E-state index is 13.0. The van der Waals surface area contributed by atoms with Gasteiger partial charge in [0.25, 0.3) is 0 Å². The van der Waals surface area contributed by atoms with Gasteiger partial charge in [0.05, 0.1) is 0 Å². The first-order valence-corrected chi connectivity index (χ1v) is 3.80. The summed E-state index contributed by atoms with van der Waals surface area (Å²) in [6.45, 7) is 0. The van der Waals surface area contributed by atoms with Crippen LogP contribution in [0.4, 0.5) is 17.6 Å². The summed E-state index contributed by atoms with van der Waals surface area (Å²) >= 11 is 0. The minimum atomic E-state index is -4.06. The van der Waals surface area contributed by atoms with Crippen molar-refractivity contribution in [2.24, 2.45) is 0 Å². The number of ketones is 1. The molecular weight excluding hydrogens is 200 g/mol. The highest BCUT2D eigenvalue weighted by Gasteiger charge is 2.56. The predicted octanol–water partition coefficient (Wildman–Crippen LogP) is 2.67. The Morgan fingerprint density at radius 1 is 1.29 bits per heavy atom. The lowest BCUT2D eigenvalue weighted by Crippen LogP contribution is -2.26. The molecule has 0 saturated carbocycles. The zero-order valence-corrected chi connectivity index (χ0v) is 6.73. The van der Waals surface area contributed by atoms with Gasteiger partial charge in [-0.05, 0) is 18.2 Å². The number of rotatable bonds is 0. The molecule has 1 atom stereocenters. The van der Waals surface area contributed by atoms with Crippen LogP contribution in [0.25, 0.3) is 0 Å². The predicted molar refractivity (Wildman–Crippen MR) is 39.5 cm³/mol. The van der Waals surface area contributed by atoms with Gasteiger partial charge in [0.1, 0.15) is 5.82 Å². The maximum Gasteiger partial charge on any atom is 0.344 e. The average Bonchev–Trinajstić information content (AvgIpc) is 2.29. The molecule has 0 spiro atoms. The molecule has 0 aromatic heterocycles. The van der Waals surface area contributed by atoms with Gasteiger partial charge in [0, 0.05) is 11.1 Å². The maximum absolute atomic E-state index is 13.0. The summed E-state index contributed by atoms with van der Waals surface area (Å²) in [7, 11) is 0. The number of alkyl halides is 3. The van der Waals surface area contributed by atoms with Gasteiger partial charge < -0.3 is 0 Å². The van der Waals surface area contributed by atoms with E-state index in [0.29, 0.717) is 6.07 Å². The van der Waals surface area contributed by atoms with Crippen molar-refractivity contribution in [2.75, 3.05) is 0 Å². The second-order valence-electron chi connectivity index (χ2n) is 3.05. The minimum absolute atomic E-state index is 0.441. The zero-order chi connectivity index (χ0) is 10.5. The zero-order valence-electron chi connectivity index (χ0n) is 6.73. The van der Waals surface area contributed by atoms with Gasteiger partial charge in [0.15, 0.2) is 6.17 Å². The Kier molecular flexibility index (Phi) is 1.68. The summed E-state index contributed by atoms with van der Waals surface area (Å²) in [6, 6.07) is 2.35. The van der Waals surface area contributed by atoms with E-state index < -0.39 is 34.8 Å². The van der Waals surface area contributed by atoms with Crippen LogP contribution < -0.4 is 0 Å². The Hall–Kier alpha value is -1.39. The lowest BCUT2D eigenvalue weighted by molar-refractivity contribution is -0.0364. The largest absolute Gasteiger partial charge is 0.344 e. The van der Waals surface area contributed by atoms with E-state index in [4.69, 9.17) is 0 Å². The van der Waals surface area contributed by atoms with Gasteiger partial charge in [-0.1, -0.05) is 0 Å². The third-order valence-corrected chi connectivity index (χ3v) is 2.15. The molecule has 0 amide bonds. The van der Waals surface area contributed by atoms with Crippen LogP contribution in [0.3, 0.4) is 0 Å². The summed E-state index contributed by atoms with van der Waals surface area (Å²) in [6.07, 6.45) is -2.74. The highest BCUT2D eigenvalue weighted by atomic mass is 19.3. The smallest absolute Gasteiger partial charge is 0.287 e. The van der Waals surface area contributed by atoms with E-state index >= 15 is 0 Å². The van der Waals surface area contributed by atoms with Crippen LogP contribution in [-0.2, 0) is 0 Å². The summed E-state index contributed by atoms with van der Waals surface area (Å²) in [5, 5.41) is 0. The molecule has 0 saturated heterocycles. The fourth-order valence-electron chi connectivity index (χ4n) is 1.44. The van der Waals surface area contributed by atoms with Gasteiger partial charge in [0.2, 0.25) is 5.78 Å². The fraction of sp³-hybridized carbons (Fsp3) is 0.222. The first-order valence-electron chi connectivity index (χ1n) is 3.80. The first kappa shape index (κ1) is 9.18. The molecule has 0 unspecified atom stereocenters. The number of Topliss-reactive ketones (excluding diaryl/α,β-unsaturated/α-hetero) is 1. The molecule has 1 nitrogen and oxygen atoms in total. The number of hydrogen-bond acceptors (Lipinski definition) is 1. The van der Waals surface area contributed by atoms with E-state index in [1.54, 1.807) is 0 Å². The lowest BCUT2D eigenvalue weighted by atomic mass is 10.1. The van der Waals surface area contributed by atoms with Crippen LogP contribution in [-0.4, -0.2) is 11.7 Å². The van der Waals surface area contributed by atoms with Crippen molar-refractivity contribution in [1.29, 1.82) is 0 Å². The molecular formula is C9H4F4O. The standard InChI is InChI=1S/C9H4F4O/c10-4-1-2-5-6(3-4)7(11)9(12,13)8(5)14/h1-3,7H/t7-/m1/s1. The Balaban J connectivity index is 2.65. The Labute approximate surface area is 76.3 Å². The molecule has 1 aliphatic carbocycles. The van der Waals surface area contributed by atoms with Crippen LogP contribution in [0.2, 0.25) is 0 Å². The van der Waals surface area contributed by atoms with E-state index in [-0.39, 0.29) is 0 Å². The van der Waals surface area contributed by atoms with E-state index in [1.807, 2.05) is 0 Å². The molecule has 0 fully saturated rings. The number of halogens is 4. The molecule has 1 aromatic rings. The van der Waals surface area contributed by atoms with Crippen molar-refractivity contribution in [3.05, 3.63) is 35.1 Å². The summed E-state index contributed by atoms with van der Waals surface area (Å²) in [5.74, 6) is -6.48. The average molecular weight is 204 g/mol. The fourth-order valence-corrected chi connectivity index (χ4v) is 1.44. The molecule has 2 rings (SSSR count). The van der Waals surface area contributed by atoms with Gasteiger partial charge in [-0.15, -0.1) is 0 Å². The normalized spacial score (nSPS) is 23.7. The van der Waals surface area contributed by atoms with Crippen LogP contribution in [0.5, 0.6) is 0 Å². The van der Waals surface area contributed by atoms with Gasteiger partial charge in [-0.25, -0.2) is 8.78 Å². The molecule has 0 bridgehead atoms. The second kappa shape index (κ2) is 2.56. The van der Waals surface area contributed by atoms with Gasteiger partial charge in [-0.2, -0.15) is 8.78 Å². The third-order valence-electron chi connectivity index (χ3n) is 2.15. The van der Waals surface area contributed by atoms with E-state index in [0.717, 1.165) is 12.1 Å². The van der Waals surface area contributed by atoms with Crippen LogP contribution in [0.1, 0.15) is 22.1 Å². The Morgan fingerprint density at radius 3 is 2.57 bits per heavy atom. The van der Waals surface area contributed by atoms with Crippen molar-refractivity contribution < 1.29 is 22.4 Å². The third kappa shape index (κ3) is 0.981. The molecule has 0 aliphatic heterocycles. The van der Waals surface area contributed by atoms with Gasteiger partial charge >= 0.3 is 5.92 Å². The Bertz CT molecular complexity index is 413. The van der Waals surface area contributed by atoms with E-state index in [9.17, 15) is 22.4 Å². The van der Waals surface area contributed by atoms with Crippen molar-refractivity contribution in [3.8, 4) is 0 Å². The van der Waals surface area contributed by atoms with Crippen molar-refractivity contribution in [1.82, 2.24) is 0 Å². The molecule has 1 aromatic carbocycles. The van der Waals surface area contributed by atoms with Crippen LogP contribution in [0, 0.1) is 5.82 Å². The summed E-state index contributed by atoms with van der Waals surface area (Å²) < 4.78 is 51.2. The van der Waals surface area contributed by atoms with Crippen molar-refractivity contribution >= 4 is 5.78 Å². The highest BCUT2D eigenvalue weighted by molar-refractivity contribution is 6.06. The topological polar surface area (TPSA) is 17.1 Å².